The van der Waals surface area contributed by atoms with Crippen LogP contribution in [0.4, 0.5) is 16.2 Å². The lowest BCUT2D eigenvalue weighted by Crippen LogP contribution is -2.24. The van der Waals surface area contributed by atoms with Gasteiger partial charge in [-0.25, -0.2) is 9.59 Å². The van der Waals surface area contributed by atoms with Crippen LogP contribution in [0.2, 0.25) is 5.02 Å². The van der Waals surface area contributed by atoms with Gasteiger partial charge in [-0.1, -0.05) is 35.9 Å². The molecule has 3 aromatic carbocycles. The normalized spacial score (nSPS) is 10.7. The summed E-state index contributed by atoms with van der Waals surface area (Å²) in [6, 6.07) is 13.0. The molecule has 2 amide bonds. The van der Waals surface area contributed by atoms with E-state index in [1.54, 1.807) is 12.1 Å². The van der Waals surface area contributed by atoms with Gasteiger partial charge in [0.2, 0.25) is 5.75 Å². The van der Waals surface area contributed by atoms with Crippen molar-refractivity contribution in [3.63, 3.8) is 0 Å². The van der Waals surface area contributed by atoms with E-state index in [1.165, 1.54) is 33.3 Å². The molecule has 0 aliphatic carbocycles. The number of urea groups is 1. The minimum atomic E-state index is -0.729. The molecule has 4 rings (SSSR count). The van der Waals surface area contributed by atoms with Crippen molar-refractivity contribution in [3.05, 3.63) is 75.1 Å². The number of carbonyl (C=O) groups excluding carboxylic acids is 2. The number of benzene rings is 3. The van der Waals surface area contributed by atoms with Gasteiger partial charge in [0.05, 0.1) is 19.9 Å². The highest BCUT2D eigenvalue weighted by molar-refractivity contribution is 6.32. The van der Waals surface area contributed by atoms with Crippen LogP contribution in [0, 0.1) is 13.8 Å². The van der Waals surface area contributed by atoms with Gasteiger partial charge >= 0.3 is 17.6 Å². The standard InChI is InChI=1S/C28H25ClN2O7/c1-14-8-6-7-9-18(14)24-19-13-20(29)15(2)10-21(19)38-27(33)25(24)31-28(34)30-17-11-22(35-4)26(37-16(3)32)23(12-17)36-5/h6-13H,1-5H3,(H2,30,31,34). The third kappa shape index (κ3) is 5.28. The van der Waals surface area contributed by atoms with Crippen LogP contribution >= 0.6 is 11.6 Å². The van der Waals surface area contributed by atoms with Crippen molar-refractivity contribution >= 4 is 45.9 Å². The third-order valence-corrected chi connectivity index (χ3v) is 6.21. The first-order valence-corrected chi connectivity index (χ1v) is 11.9. The highest BCUT2D eigenvalue weighted by Gasteiger charge is 2.22. The van der Waals surface area contributed by atoms with E-state index in [0.717, 1.165) is 16.7 Å². The van der Waals surface area contributed by atoms with Crippen molar-refractivity contribution in [2.24, 2.45) is 0 Å². The molecule has 0 spiro atoms. The summed E-state index contributed by atoms with van der Waals surface area (Å²) in [6.45, 7) is 4.96. The monoisotopic (exact) mass is 536 g/mol. The third-order valence-electron chi connectivity index (χ3n) is 5.80. The van der Waals surface area contributed by atoms with E-state index in [9.17, 15) is 14.4 Å². The molecule has 0 radical (unpaired) electrons. The van der Waals surface area contributed by atoms with Gasteiger partial charge in [-0.15, -0.1) is 0 Å². The Kier molecular flexibility index (Phi) is 7.59. The molecule has 4 aromatic rings. The molecule has 0 atom stereocenters. The fraction of sp³-hybridized carbons (Fsp3) is 0.179. The predicted octanol–water partition coefficient (Wildman–Crippen LogP) is 6.32. The highest BCUT2D eigenvalue weighted by atomic mass is 35.5. The summed E-state index contributed by atoms with van der Waals surface area (Å²) in [5.74, 6) is -0.184. The minimum absolute atomic E-state index is 0.0558. The Morgan fingerprint density at radius 1 is 0.921 bits per heavy atom. The zero-order valence-corrected chi connectivity index (χ0v) is 22.1. The lowest BCUT2D eigenvalue weighted by molar-refractivity contribution is -0.132. The molecular weight excluding hydrogens is 512 g/mol. The van der Waals surface area contributed by atoms with Crippen LogP contribution in [0.5, 0.6) is 17.2 Å². The number of hydrogen-bond donors (Lipinski definition) is 2. The Balaban J connectivity index is 1.79. The molecule has 0 unspecified atom stereocenters. The molecule has 0 bridgehead atoms. The number of anilines is 2. The molecule has 0 saturated carbocycles. The number of carbonyl (C=O) groups is 2. The molecule has 10 heteroatoms. The molecule has 2 N–H and O–H groups in total. The fourth-order valence-electron chi connectivity index (χ4n) is 4.04. The van der Waals surface area contributed by atoms with Crippen LogP contribution in [0.3, 0.4) is 0 Å². The second kappa shape index (κ2) is 10.9. The molecule has 0 fully saturated rings. The van der Waals surface area contributed by atoms with E-state index >= 15 is 0 Å². The first-order chi connectivity index (χ1) is 18.1. The largest absolute Gasteiger partial charge is 0.493 e. The van der Waals surface area contributed by atoms with Crippen LogP contribution in [0.1, 0.15) is 18.1 Å². The molecule has 38 heavy (non-hydrogen) atoms. The molecule has 9 nitrogen and oxygen atoms in total. The quantitative estimate of drug-likeness (QED) is 0.168. The second-order valence-corrected chi connectivity index (χ2v) is 8.84. The Morgan fingerprint density at radius 3 is 2.18 bits per heavy atom. The number of ether oxygens (including phenoxy) is 3. The number of halogens is 1. The Labute approximate surface area is 223 Å². The maximum Gasteiger partial charge on any atom is 0.360 e. The maximum atomic E-state index is 13.1. The van der Waals surface area contributed by atoms with Gasteiger partial charge in [0.15, 0.2) is 11.5 Å². The molecule has 0 saturated heterocycles. The van der Waals surface area contributed by atoms with Crippen molar-refractivity contribution in [1.29, 1.82) is 0 Å². The van der Waals surface area contributed by atoms with E-state index < -0.39 is 17.6 Å². The van der Waals surface area contributed by atoms with E-state index in [0.29, 0.717) is 21.6 Å². The van der Waals surface area contributed by atoms with Gasteiger partial charge in [-0.05, 0) is 42.7 Å². The van der Waals surface area contributed by atoms with Crippen LogP contribution in [0.15, 0.2) is 57.7 Å². The number of rotatable bonds is 6. The maximum absolute atomic E-state index is 13.1. The molecular formula is C28H25ClN2O7. The van der Waals surface area contributed by atoms with Crippen molar-refractivity contribution in [1.82, 2.24) is 0 Å². The van der Waals surface area contributed by atoms with E-state index in [4.69, 9.17) is 30.2 Å². The average Bonchev–Trinajstić information content (AvgIpc) is 2.86. The van der Waals surface area contributed by atoms with Gasteiger partial charge in [-0.3, -0.25) is 4.79 Å². The van der Waals surface area contributed by atoms with Gasteiger partial charge in [0.25, 0.3) is 0 Å². The Bertz CT molecular complexity index is 1600. The van der Waals surface area contributed by atoms with Crippen LogP contribution in [0.25, 0.3) is 22.1 Å². The van der Waals surface area contributed by atoms with Crippen molar-refractivity contribution in [2.45, 2.75) is 20.8 Å². The summed E-state index contributed by atoms with van der Waals surface area (Å²) in [5, 5.41) is 6.34. The average molecular weight is 537 g/mol. The zero-order valence-electron chi connectivity index (χ0n) is 21.4. The molecule has 1 heterocycles. The number of aryl methyl sites for hydroxylation is 2. The van der Waals surface area contributed by atoms with Crippen LogP contribution in [-0.4, -0.2) is 26.2 Å². The number of methoxy groups -OCH3 is 2. The first-order valence-electron chi connectivity index (χ1n) is 11.5. The molecule has 196 valence electrons. The Morgan fingerprint density at radius 2 is 1.58 bits per heavy atom. The smallest absolute Gasteiger partial charge is 0.360 e. The van der Waals surface area contributed by atoms with Crippen LogP contribution < -0.4 is 30.5 Å². The number of fused-ring (bicyclic) bond motifs is 1. The van der Waals surface area contributed by atoms with E-state index in [-0.39, 0.29) is 28.6 Å². The number of hydrogen-bond acceptors (Lipinski definition) is 7. The summed E-state index contributed by atoms with van der Waals surface area (Å²) in [7, 11) is 2.76. The van der Waals surface area contributed by atoms with Crippen molar-refractivity contribution in [2.75, 3.05) is 24.9 Å². The Hall–Kier alpha value is -4.50. The van der Waals surface area contributed by atoms with Crippen LogP contribution in [-0.2, 0) is 4.79 Å². The predicted molar refractivity (Wildman–Crippen MR) is 146 cm³/mol. The first kappa shape index (κ1) is 26.6. The second-order valence-electron chi connectivity index (χ2n) is 8.43. The van der Waals surface area contributed by atoms with Gasteiger partial charge < -0.3 is 29.3 Å². The molecule has 0 aliphatic heterocycles. The molecule has 1 aromatic heterocycles. The van der Waals surface area contributed by atoms with E-state index in [1.807, 2.05) is 38.1 Å². The lowest BCUT2D eigenvalue weighted by atomic mass is 9.96. The number of amides is 2. The summed E-state index contributed by atoms with van der Waals surface area (Å²) in [4.78, 5) is 37.8. The minimum Gasteiger partial charge on any atom is -0.493 e. The summed E-state index contributed by atoms with van der Waals surface area (Å²) in [5.41, 5.74) is 2.66. The molecule has 0 aliphatic rings. The van der Waals surface area contributed by atoms with Crippen molar-refractivity contribution < 1.29 is 28.2 Å². The van der Waals surface area contributed by atoms with Gasteiger partial charge in [0, 0.05) is 35.0 Å². The zero-order chi connectivity index (χ0) is 27.6. The lowest BCUT2D eigenvalue weighted by Gasteiger charge is -2.17. The SMILES string of the molecule is COc1cc(NC(=O)Nc2c(-c3ccccc3C)c3cc(Cl)c(C)cc3oc2=O)cc(OC)c1OC(C)=O. The number of nitrogens with one attached hydrogen (secondary N) is 2. The topological polar surface area (TPSA) is 116 Å². The van der Waals surface area contributed by atoms with Gasteiger partial charge in [0.1, 0.15) is 11.3 Å². The van der Waals surface area contributed by atoms with Crippen molar-refractivity contribution in [3.8, 4) is 28.4 Å². The summed E-state index contributed by atoms with van der Waals surface area (Å²) < 4.78 is 21.3. The van der Waals surface area contributed by atoms with E-state index in [2.05, 4.69) is 10.6 Å². The fourth-order valence-corrected chi connectivity index (χ4v) is 4.21. The highest BCUT2D eigenvalue weighted by Crippen LogP contribution is 2.41. The summed E-state index contributed by atoms with van der Waals surface area (Å²) in [6.07, 6.45) is 0. The number of esters is 1. The summed E-state index contributed by atoms with van der Waals surface area (Å²) >= 11 is 6.42. The van der Waals surface area contributed by atoms with Gasteiger partial charge in [-0.2, -0.15) is 0 Å².